The van der Waals surface area contributed by atoms with Gasteiger partial charge in [0, 0.05) is 12.6 Å². The minimum absolute atomic E-state index is 0.144. The van der Waals surface area contributed by atoms with Crippen molar-refractivity contribution in [2.75, 3.05) is 32.1 Å². The summed E-state index contributed by atoms with van der Waals surface area (Å²) in [6.45, 7) is 8.65. The topological polar surface area (TPSA) is 63.2 Å². The fourth-order valence-electron chi connectivity index (χ4n) is 1.55. The van der Waals surface area contributed by atoms with Gasteiger partial charge in [-0.15, -0.1) is 0 Å². The molecule has 0 fully saturated rings. The van der Waals surface area contributed by atoms with E-state index in [0.29, 0.717) is 18.6 Å². The first kappa shape index (κ1) is 16.9. The van der Waals surface area contributed by atoms with Crippen LogP contribution in [0.5, 0.6) is 6.01 Å². The Balaban J connectivity index is 2.31. The van der Waals surface area contributed by atoms with E-state index in [-0.39, 0.29) is 11.3 Å². The number of aromatic nitrogens is 3. The van der Waals surface area contributed by atoms with Gasteiger partial charge in [0.2, 0.25) is 11.2 Å². The Labute approximate surface area is 125 Å². The zero-order valence-corrected chi connectivity index (χ0v) is 13.4. The first-order valence-corrected chi connectivity index (χ1v) is 7.39. The monoisotopic (exact) mass is 301 g/mol. The van der Waals surface area contributed by atoms with Crippen LogP contribution in [0.3, 0.4) is 0 Å². The molecule has 0 spiro atoms. The Morgan fingerprint density at radius 3 is 2.65 bits per heavy atom. The Morgan fingerprint density at radius 1 is 1.25 bits per heavy atom. The van der Waals surface area contributed by atoms with Gasteiger partial charge in [0.15, 0.2) is 0 Å². The molecule has 1 rings (SSSR count). The third kappa shape index (κ3) is 6.34. The lowest BCUT2D eigenvalue weighted by molar-refractivity contribution is 0.269. The SMILES string of the molecule is CCOc1nc(Cl)nc(NCCCCN(C)C(C)C)n1. The highest BCUT2D eigenvalue weighted by Gasteiger charge is 2.05. The predicted molar refractivity (Wildman–Crippen MR) is 81.5 cm³/mol. The molecule has 114 valence electrons. The quantitative estimate of drug-likeness (QED) is 0.707. The van der Waals surface area contributed by atoms with Crippen LogP contribution in [0.15, 0.2) is 0 Å². The lowest BCUT2D eigenvalue weighted by Gasteiger charge is -2.20. The van der Waals surface area contributed by atoms with E-state index in [2.05, 4.69) is 46.1 Å². The van der Waals surface area contributed by atoms with Crippen molar-refractivity contribution < 1.29 is 4.74 Å². The van der Waals surface area contributed by atoms with E-state index >= 15 is 0 Å². The van der Waals surface area contributed by atoms with Crippen LogP contribution in [0.2, 0.25) is 5.28 Å². The van der Waals surface area contributed by atoms with Crippen molar-refractivity contribution in [3.8, 4) is 6.01 Å². The summed E-state index contributed by atoms with van der Waals surface area (Å²) in [5.41, 5.74) is 0. The number of halogens is 1. The van der Waals surface area contributed by atoms with Crippen LogP contribution in [-0.4, -0.2) is 52.6 Å². The van der Waals surface area contributed by atoms with Gasteiger partial charge >= 0.3 is 6.01 Å². The Bertz CT molecular complexity index is 402. The standard InChI is InChI=1S/C13H24ClN5O/c1-5-20-13-17-11(14)16-12(18-13)15-8-6-7-9-19(4)10(2)3/h10H,5-9H2,1-4H3,(H,15,16,17,18). The number of nitrogens with zero attached hydrogens (tertiary/aromatic N) is 4. The molecule has 0 aliphatic carbocycles. The van der Waals surface area contributed by atoms with Crippen LogP contribution in [0, 0.1) is 0 Å². The van der Waals surface area contributed by atoms with E-state index < -0.39 is 0 Å². The van der Waals surface area contributed by atoms with Gasteiger partial charge in [-0.1, -0.05) is 0 Å². The van der Waals surface area contributed by atoms with Gasteiger partial charge in [-0.05, 0) is 58.8 Å². The molecule has 1 aromatic rings. The van der Waals surface area contributed by atoms with Gasteiger partial charge in [-0.25, -0.2) is 0 Å². The number of rotatable bonds is 9. The number of ether oxygens (including phenoxy) is 1. The van der Waals surface area contributed by atoms with Crippen LogP contribution >= 0.6 is 11.6 Å². The van der Waals surface area contributed by atoms with Gasteiger partial charge in [0.1, 0.15) is 0 Å². The van der Waals surface area contributed by atoms with Crippen LogP contribution in [0.1, 0.15) is 33.6 Å². The van der Waals surface area contributed by atoms with Crippen LogP contribution in [-0.2, 0) is 0 Å². The highest BCUT2D eigenvalue weighted by molar-refractivity contribution is 6.28. The van der Waals surface area contributed by atoms with Gasteiger partial charge in [0.05, 0.1) is 6.61 Å². The first-order chi connectivity index (χ1) is 9.52. The Kier molecular flexibility index (Phi) is 7.54. The van der Waals surface area contributed by atoms with Crippen molar-refractivity contribution in [1.82, 2.24) is 19.9 Å². The van der Waals surface area contributed by atoms with Gasteiger partial charge in [-0.3, -0.25) is 0 Å². The maximum atomic E-state index is 5.81. The zero-order chi connectivity index (χ0) is 15.0. The van der Waals surface area contributed by atoms with Crippen LogP contribution in [0.25, 0.3) is 0 Å². The molecule has 1 heterocycles. The van der Waals surface area contributed by atoms with Gasteiger partial charge in [0.25, 0.3) is 0 Å². The summed E-state index contributed by atoms with van der Waals surface area (Å²) >= 11 is 5.81. The van der Waals surface area contributed by atoms with E-state index in [4.69, 9.17) is 16.3 Å². The molecule has 0 saturated carbocycles. The summed E-state index contributed by atoms with van der Waals surface area (Å²) < 4.78 is 5.22. The van der Waals surface area contributed by atoms with Crippen molar-refractivity contribution in [3.63, 3.8) is 0 Å². The van der Waals surface area contributed by atoms with Crippen molar-refractivity contribution >= 4 is 17.5 Å². The fourth-order valence-corrected chi connectivity index (χ4v) is 1.70. The molecule has 7 heteroatoms. The van der Waals surface area contributed by atoms with Crippen molar-refractivity contribution in [2.45, 2.75) is 39.7 Å². The first-order valence-electron chi connectivity index (χ1n) is 7.01. The normalized spacial score (nSPS) is 11.2. The second-order valence-electron chi connectivity index (χ2n) is 4.85. The number of unbranched alkanes of at least 4 members (excludes halogenated alkanes) is 1. The summed E-state index contributed by atoms with van der Waals surface area (Å²) in [6.07, 6.45) is 2.17. The molecule has 0 aliphatic rings. The maximum absolute atomic E-state index is 5.81. The smallest absolute Gasteiger partial charge is 0.322 e. The minimum atomic E-state index is 0.144. The second-order valence-corrected chi connectivity index (χ2v) is 5.19. The molecule has 1 N–H and O–H groups in total. The van der Waals surface area contributed by atoms with E-state index in [1.54, 1.807) is 0 Å². The molecule has 0 aromatic carbocycles. The molecular weight excluding hydrogens is 278 g/mol. The summed E-state index contributed by atoms with van der Waals surface area (Å²) in [7, 11) is 2.14. The number of nitrogens with one attached hydrogen (secondary N) is 1. The van der Waals surface area contributed by atoms with E-state index in [1.165, 1.54) is 0 Å². The minimum Gasteiger partial charge on any atom is -0.464 e. The van der Waals surface area contributed by atoms with Crippen LogP contribution in [0.4, 0.5) is 5.95 Å². The molecule has 0 radical (unpaired) electrons. The average Bonchev–Trinajstić information content (AvgIpc) is 2.37. The molecule has 0 atom stereocenters. The third-order valence-corrected chi connectivity index (χ3v) is 3.13. The largest absolute Gasteiger partial charge is 0.464 e. The highest BCUT2D eigenvalue weighted by atomic mass is 35.5. The predicted octanol–water partition coefficient (Wildman–Crippen LogP) is 2.46. The van der Waals surface area contributed by atoms with Crippen molar-refractivity contribution in [1.29, 1.82) is 0 Å². The number of hydrogen-bond donors (Lipinski definition) is 1. The molecule has 0 unspecified atom stereocenters. The van der Waals surface area contributed by atoms with E-state index in [1.807, 2.05) is 6.92 Å². The number of anilines is 1. The Morgan fingerprint density at radius 2 is 2.00 bits per heavy atom. The Hall–Kier alpha value is -1.14. The lowest BCUT2D eigenvalue weighted by atomic mass is 10.2. The maximum Gasteiger partial charge on any atom is 0.322 e. The molecule has 0 bridgehead atoms. The summed E-state index contributed by atoms with van der Waals surface area (Å²) in [5, 5.41) is 3.29. The molecular formula is C13H24ClN5O. The fraction of sp³-hybridized carbons (Fsp3) is 0.769. The average molecular weight is 302 g/mol. The molecule has 6 nitrogen and oxygen atoms in total. The lowest BCUT2D eigenvalue weighted by Crippen LogP contribution is -2.27. The molecule has 0 saturated heterocycles. The van der Waals surface area contributed by atoms with Gasteiger partial charge < -0.3 is 15.0 Å². The zero-order valence-electron chi connectivity index (χ0n) is 12.7. The molecule has 20 heavy (non-hydrogen) atoms. The summed E-state index contributed by atoms with van der Waals surface area (Å²) in [4.78, 5) is 14.4. The van der Waals surface area contributed by atoms with E-state index in [0.717, 1.165) is 25.9 Å². The molecule has 1 aromatic heterocycles. The summed E-state index contributed by atoms with van der Waals surface area (Å²) in [5.74, 6) is 0.464. The van der Waals surface area contributed by atoms with Gasteiger partial charge in [-0.2, -0.15) is 15.0 Å². The molecule has 0 amide bonds. The van der Waals surface area contributed by atoms with Crippen LogP contribution < -0.4 is 10.1 Å². The van der Waals surface area contributed by atoms with Crippen molar-refractivity contribution in [3.05, 3.63) is 5.28 Å². The third-order valence-electron chi connectivity index (χ3n) is 2.96. The van der Waals surface area contributed by atoms with Crippen molar-refractivity contribution in [2.24, 2.45) is 0 Å². The second kappa shape index (κ2) is 8.92. The number of hydrogen-bond acceptors (Lipinski definition) is 6. The summed E-state index contributed by atoms with van der Waals surface area (Å²) in [6, 6.07) is 0.841. The highest BCUT2D eigenvalue weighted by Crippen LogP contribution is 2.11. The molecule has 0 aliphatic heterocycles. The van der Waals surface area contributed by atoms with E-state index in [9.17, 15) is 0 Å².